The maximum absolute atomic E-state index is 12.4. The Hall–Kier alpha value is -2.67. The summed E-state index contributed by atoms with van der Waals surface area (Å²) in [6.07, 6.45) is 1.53. The van der Waals surface area contributed by atoms with Gasteiger partial charge in [-0.3, -0.25) is 9.59 Å². The highest BCUT2D eigenvalue weighted by atomic mass is 32.2. The smallest absolute Gasteiger partial charge is 0.237 e. The molecule has 2 aromatic carbocycles. The third-order valence-electron chi connectivity index (χ3n) is 4.32. The molecule has 0 saturated carbocycles. The van der Waals surface area contributed by atoms with Crippen molar-refractivity contribution in [1.82, 2.24) is 0 Å². The van der Waals surface area contributed by atoms with Gasteiger partial charge in [-0.2, -0.15) is 0 Å². The van der Waals surface area contributed by atoms with Gasteiger partial charge in [0.25, 0.3) is 0 Å². The number of amides is 2. The lowest BCUT2D eigenvalue weighted by Gasteiger charge is -2.13. The molecular weight excluding hydrogens is 352 g/mol. The number of aryl methyl sites for hydroxylation is 1. The molecule has 2 aliphatic rings. The molecule has 7 heteroatoms. The average Bonchev–Trinajstić information content (AvgIpc) is 3.04. The number of para-hydroxylation sites is 1. The van der Waals surface area contributed by atoms with Gasteiger partial charge in [-0.05, 0) is 36.6 Å². The summed E-state index contributed by atoms with van der Waals surface area (Å²) in [5.41, 5.74) is 2.65. The normalized spacial score (nSPS) is 17.8. The summed E-state index contributed by atoms with van der Waals surface area (Å²) in [7, 11) is 0. The Labute approximate surface area is 155 Å². The first kappa shape index (κ1) is 16.8. The monoisotopic (exact) mass is 370 g/mol. The van der Waals surface area contributed by atoms with Crippen molar-refractivity contribution in [2.45, 2.75) is 18.1 Å². The Kier molecular flexibility index (Phi) is 4.71. The molecule has 2 amide bonds. The number of hydrogen-bond donors (Lipinski definition) is 2. The number of carbonyl (C=O) groups is 2. The second kappa shape index (κ2) is 7.29. The van der Waals surface area contributed by atoms with E-state index in [4.69, 9.17) is 9.47 Å². The standard InChI is InChI=1S/C19H18N2O4S/c22-18(20-13-6-7-15-16(9-13)25-11-24-15)10-26-17-8-5-12-3-1-2-4-14(12)21-19(17)23/h1-4,6-7,9,17H,5,8,10-11H2,(H,20,22)(H,21,23). The van der Waals surface area contributed by atoms with Crippen LogP contribution in [-0.4, -0.2) is 29.6 Å². The van der Waals surface area contributed by atoms with Crippen LogP contribution in [0.2, 0.25) is 0 Å². The molecule has 0 aliphatic carbocycles. The Bertz CT molecular complexity index is 855. The Morgan fingerprint density at radius 3 is 2.96 bits per heavy atom. The molecule has 2 aliphatic heterocycles. The highest BCUT2D eigenvalue weighted by Gasteiger charge is 2.24. The van der Waals surface area contributed by atoms with E-state index in [0.717, 1.165) is 17.7 Å². The zero-order chi connectivity index (χ0) is 17.9. The highest BCUT2D eigenvalue weighted by molar-refractivity contribution is 8.01. The van der Waals surface area contributed by atoms with Gasteiger partial charge in [-0.1, -0.05) is 18.2 Å². The van der Waals surface area contributed by atoms with Gasteiger partial charge < -0.3 is 20.1 Å². The summed E-state index contributed by atoms with van der Waals surface area (Å²) in [6.45, 7) is 0.196. The maximum Gasteiger partial charge on any atom is 0.237 e. The lowest BCUT2D eigenvalue weighted by molar-refractivity contribution is -0.115. The largest absolute Gasteiger partial charge is 0.454 e. The van der Waals surface area contributed by atoms with Crippen molar-refractivity contribution in [1.29, 1.82) is 0 Å². The Morgan fingerprint density at radius 2 is 2.04 bits per heavy atom. The van der Waals surface area contributed by atoms with Gasteiger partial charge in [0.1, 0.15) is 0 Å². The molecule has 0 radical (unpaired) electrons. The fraction of sp³-hybridized carbons (Fsp3) is 0.263. The zero-order valence-corrected chi connectivity index (χ0v) is 14.8. The van der Waals surface area contributed by atoms with Crippen molar-refractivity contribution < 1.29 is 19.1 Å². The minimum Gasteiger partial charge on any atom is -0.454 e. The van der Waals surface area contributed by atoms with E-state index < -0.39 is 0 Å². The fourth-order valence-corrected chi connectivity index (χ4v) is 3.92. The molecule has 1 unspecified atom stereocenters. The summed E-state index contributed by atoms with van der Waals surface area (Å²) < 4.78 is 10.6. The molecule has 0 aromatic heterocycles. The lowest BCUT2D eigenvalue weighted by atomic mass is 10.1. The molecule has 134 valence electrons. The second-order valence-corrected chi connectivity index (χ2v) is 7.29. The molecule has 0 bridgehead atoms. The quantitative estimate of drug-likeness (QED) is 0.865. The number of nitrogens with one attached hydrogen (secondary N) is 2. The molecular formula is C19H18N2O4S. The molecule has 0 saturated heterocycles. The van der Waals surface area contributed by atoms with Crippen LogP contribution >= 0.6 is 11.8 Å². The summed E-state index contributed by atoms with van der Waals surface area (Å²) in [6, 6.07) is 13.1. The number of anilines is 2. The van der Waals surface area contributed by atoms with Gasteiger partial charge in [0, 0.05) is 17.4 Å². The van der Waals surface area contributed by atoms with Crippen LogP contribution in [0.3, 0.4) is 0 Å². The Balaban J connectivity index is 1.32. The minimum absolute atomic E-state index is 0.0455. The first-order chi connectivity index (χ1) is 12.7. The molecule has 2 aromatic rings. The molecule has 2 N–H and O–H groups in total. The van der Waals surface area contributed by atoms with E-state index in [9.17, 15) is 9.59 Å². The number of thioether (sulfide) groups is 1. The van der Waals surface area contributed by atoms with Crippen molar-refractivity contribution in [2.75, 3.05) is 23.2 Å². The van der Waals surface area contributed by atoms with Crippen molar-refractivity contribution >= 4 is 35.0 Å². The number of benzene rings is 2. The predicted molar refractivity (Wildman–Crippen MR) is 101 cm³/mol. The number of hydrogen-bond acceptors (Lipinski definition) is 5. The molecule has 6 nitrogen and oxygen atoms in total. The third-order valence-corrected chi connectivity index (χ3v) is 5.60. The van der Waals surface area contributed by atoms with E-state index in [0.29, 0.717) is 23.6 Å². The van der Waals surface area contributed by atoms with Gasteiger partial charge in [0.15, 0.2) is 11.5 Å². The van der Waals surface area contributed by atoms with Gasteiger partial charge in [0.2, 0.25) is 18.6 Å². The molecule has 4 rings (SSSR count). The fourth-order valence-electron chi connectivity index (χ4n) is 3.00. The minimum atomic E-state index is -0.245. The van der Waals surface area contributed by atoms with Crippen LogP contribution in [0.4, 0.5) is 11.4 Å². The number of ether oxygens (including phenoxy) is 2. The van der Waals surface area contributed by atoms with Crippen molar-refractivity contribution in [3.63, 3.8) is 0 Å². The van der Waals surface area contributed by atoms with Crippen molar-refractivity contribution in [3.05, 3.63) is 48.0 Å². The molecule has 1 atom stereocenters. The summed E-state index contributed by atoms with van der Waals surface area (Å²) in [5, 5.41) is 5.54. The number of carbonyl (C=O) groups excluding carboxylic acids is 2. The Morgan fingerprint density at radius 1 is 1.19 bits per heavy atom. The average molecular weight is 370 g/mol. The molecule has 0 spiro atoms. The number of rotatable bonds is 4. The van der Waals surface area contributed by atoms with E-state index in [1.807, 2.05) is 24.3 Å². The third kappa shape index (κ3) is 3.62. The maximum atomic E-state index is 12.4. The topological polar surface area (TPSA) is 76.7 Å². The van der Waals surface area contributed by atoms with Gasteiger partial charge >= 0.3 is 0 Å². The summed E-state index contributed by atoms with van der Waals surface area (Å²) >= 11 is 1.36. The first-order valence-corrected chi connectivity index (χ1v) is 9.44. The zero-order valence-electron chi connectivity index (χ0n) is 14.0. The van der Waals surface area contributed by atoms with Gasteiger partial charge in [-0.25, -0.2) is 0 Å². The van der Waals surface area contributed by atoms with Gasteiger partial charge in [-0.15, -0.1) is 11.8 Å². The van der Waals surface area contributed by atoms with E-state index in [1.165, 1.54) is 11.8 Å². The van der Waals surface area contributed by atoms with Crippen LogP contribution < -0.4 is 20.1 Å². The van der Waals surface area contributed by atoms with Crippen LogP contribution in [0, 0.1) is 0 Å². The van der Waals surface area contributed by atoms with Crippen LogP contribution in [-0.2, 0) is 16.0 Å². The van der Waals surface area contributed by atoms with Crippen molar-refractivity contribution in [2.24, 2.45) is 0 Å². The van der Waals surface area contributed by atoms with Crippen LogP contribution in [0.1, 0.15) is 12.0 Å². The molecule has 2 heterocycles. The van der Waals surface area contributed by atoms with E-state index in [1.54, 1.807) is 18.2 Å². The second-order valence-electron chi connectivity index (χ2n) is 6.10. The lowest BCUT2D eigenvalue weighted by Crippen LogP contribution is -2.26. The van der Waals surface area contributed by atoms with E-state index in [2.05, 4.69) is 10.6 Å². The van der Waals surface area contributed by atoms with Crippen LogP contribution in [0.5, 0.6) is 11.5 Å². The van der Waals surface area contributed by atoms with Crippen molar-refractivity contribution in [3.8, 4) is 11.5 Å². The summed E-state index contributed by atoms with van der Waals surface area (Å²) in [4.78, 5) is 24.6. The summed E-state index contributed by atoms with van der Waals surface area (Å²) in [5.74, 6) is 1.31. The van der Waals surface area contributed by atoms with Crippen LogP contribution in [0.25, 0.3) is 0 Å². The molecule has 26 heavy (non-hydrogen) atoms. The van der Waals surface area contributed by atoms with Crippen LogP contribution in [0.15, 0.2) is 42.5 Å². The SMILES string of the molecule is O=C(CSC1CCc2ccccc2NC1=O)Nc1ccc2c(c1)OCO2. The van der Waals surface area contributed by atoms with E-state index in [-0.39, 0.29) is 29.6 Å². The molecule has 0 fully saturated rings. The first-order valence-electron chi connectivity index (χ1n) is 8.39. The number of fused-ring (bicyclic) bond motifs is 2. The van der Waals surface area contributed by atoms with Gasteiger partial charge in [0.05, 0.1) is 11.0 Å². The predicted octanol–water partition coefficient (Wildman–Crippen LogP) is 3.04. The van der Waals surface area contributed by atoms with E-state index >= 15 is 0 Å². The highest BCUT2D eigenvalue weighted by Crippen LogP contribution is 2.34.